The van der Waals surface area contributed by atoms with E-state index in [4.69, 9.17) is 37.9 Å². The quantitative estimate of drug-likeness (QED) is 0.185. The summed E-state index contributed by atoms with van der Waals surface area (Å²) in [5.74, 6) is -5.46. The van der Waals surface area contributed by atoms with Gasteiger partial charge in [-0.15, -0.1) is 0 Å². The van der Waals surface area contributed by atoms with Crippen LogP contribution in [0.25, 0.3) is 0 Å². The van der Waals surface area contributed by atoms with Crippen LogP contribution in [-0.4, -0.2) is 95.3 Å². The Bertz CT molecular complexity index is 1350. The Morgan fingerprint density at radius 2 is 1.34 bits per heavy atom. The van der Waals surface area contributed by atoms with E-state index in [1.807, 2.05) is 0 Å². The first kappa shape index (κ1) is 31.9. The van der Waals surface area contributed by atoms with Crippen LogP contribution in [0.2, 0.25) is 0 Å². The average Bonchev–Trinajstić information content (AvgIpc) is 3.72. The van der Waals surface area contributed by atoms with E-state index in [0.717, 1.165) is 20.8 Å². The van der Waals surface area contributed by atoms with Gasteiger partial charge in [0.05, 0.1) is 17.1 Å². The molecule has 242 valence electrons. The maximum absolute atomic E-state index is 13.3. The number of esters is 6. The Morgan fingerprint density at radius 3 is 1.86 bits per heavy atom. The summed E-state index contributed by atoms with van der Waals surface area (Å²) in [6, 6.07) is 0. The average molecular weight is 623 g/mol. The number of hydrogen-bond donors (Lipinski definition) is 0. The molecule has 0 radical (unpaired) electrons. The smallest absolute Gasteiger partial charge is 0.342 e. The Labute approximate surface area is 253 Å². The van der Waals surface area contributed by atoms with Gasteiger partial charge in [0.1, 0.15) is 12.2 Å². The fraction of sp³-hybridized carbons (Fsp3) is 0.733. The maximum Gasteiger partial charge on any atom is 0.342 e. The summed E-state index contributed by atoms with van der Waals surface area (Å²) in [7, 11) is 0. The summed E-state index contributed by atoms with van der Waals surface area (Å²) >= 11 is 0. The van der Waals surface area contributed by atoms with Crippen molar-refractivity contribution in [2.24, 2.45) is 11.3 Å². The fourth-order valence-corrected chi connectivity index (χ4v) is 7.98. The normalized spacial score (nSPS) is 46.1. The number of hydrogen-bond acceptors (Lipinski definition) is 14. The monoisotopic (exact) mass is 622 g/mol. The lowest BCUT2D eigenvalue weighted by Gasteiger charge is -2.55. The van der Waals surface area contributed by atoms with Gasteiger partial charge in [-0.25, -0.2) is 4.79 Å². The number of ether oxygens (including phenoxy) is 8. The molecule has 0 aromatic rings. The van der Waals surface area contributed by atoms with E-state index in [-0.39, 0.29) is 12.0 Å². The van der Waals surface area contributed by atoms with Crippen LogP contribution in [0.3, 0.4) is 0 Å². The van der Waals surface area contributed by atoms with Gasteiger partial charge in [-0.2, -0.15) is 0 Å². The van der Waals surface area contributed by atoms with Crippen LogP contribution < -0.4 is 0 Å². The van der Waals surface area contributed by atoms with Crippen LogP contribution in [0.15, 0.2) is 11.6 Å². The molecule has 2 unspecified atom stereocenters. The maximum atomic E-state index is 13.3. The molecule has 1 saturated carbocycles. The predicted octanol–water partition coefficient (Wildman–Crippen LogP) is 1.24. The van der Waals surface area contributed by atoms with Crippen LogP contribution in [0.4, 0.5) is 0 Å². The van der Waals surface area contributed by atoms with Gasteiger partial charge in [0.2, 0.25) is 0 Å². The molecule has 44 heavy (non-hydrogen) atoms. The van der Waals surface area contributed by atoms with E-state index in [0.29, 0.717) is 0 Å². The van der Waals surface area contributed by atoms with E-state index >= 15 is 0 Å². The zero-order chi connectivity index (χ0) is 32.7. The van der Waals surface area contributed by atoms with Crippen LogP contribution in [-0.2, 0) is 66.7 Å². The SMILES string of the molecule is CC(=O)OC1/C(C)=C\[C@@H]2OC(=O)[C@]3(C)O[C@]23C(OC(C)=O)[C@H]2[C@@]3(C)O[C@H]3C[C@H](OC(C)=O)[C@]2(C)[C@@H](OC(C)=O)[C@@H]1OC(C)=O. The summed E-state index contributed by atoms with van der Waals surface area (Å²) in [5, 5.41) is 0. The molecule has 0 N–H and O–H groups in total. The Balaban J connectivity index is 1.88. The number of fused-ring (bicyclic) bond motifs is 3. The number of epoxide rings is 2. The summed E-state index contributed by atoms with van der Waals surface area (Å²) in [6.45, 7) is 12.3. The topological polar surface area (TPSA) is 183 Å². The molecular weight excluding hydrogens is 584 g/mol. The molecule has 0 aromatic carbocycles. The Kier molecular flexibility index (Phi) is 7.44. The minimum absolute atomic E-state index is 0.136. The highest BCUT2D eigenvalue weighted by Crippen LogP contribution is 2.69. The largest absolute Gasteiger partial charge is 0.462 e. The minimum Gasteiger partial charge on any atom is -0.462 e. The zero-order valence-electron chi connectivity index (χ0n) is 26.1. The van der Waals surface area contributed by atoms with Crippen molar-refractivity contribution in [3.8, 4) is 0 Å². The molecular formula is C30H38O14. The van der Waals surface area contributed by atoms with Crippen molar-refractivity contribution < 1.29 is 66.7 Å². The first-order valence-electron chi connectivity index (χ1n) is 14.5. The molecule has 3 aliphatic heterocycles. The Morgan fingerprint density at radius 1 is 0.795 bits per heavy atom. The lowest BCUT2D eigenvalue weighted by molar-refractivity contribution is -0.236. The van der Waals surface area contributed by atoms with Crippen molar-refractivity contribution >= 4 is 35.8 Å². The predicted molar refractivity (Wildman–Crippen MR) is 143 cm³/mol. The molecule has 12 atom stereocenters. The van der Waals surface area contributed by atoms with E-state index in [9.17, 15) is 28.8 Å². The second kappa shape index (κ2) is 10.3. The van der Waals surface area contributed by atoms with Gasteiger partial charge < -0.3 is 37.9 Å². The minimum atomic E-state index is -1.60. The zero-order valence-corrected chi connectivity index (χ0v) is 26.1. The molecule has 3 saturated heterocycles. The van der Waals surface area contributed by atoms with Crippen LogP contribution in [0.1, 0.15) is 68.7 Å². The highest BCUT2D eigenvalue weighted by Gasteiger charge is 2.90. The number of carbonyl (C=O) groups is 6. The molecule has 0 aromatic heterocycles. The second-order valence-corrected chi connectivity index (χ2v) is 12.8. The fourth-order valence-electron chi connectivity index (χ4n) is 7.98. The molecule has 0 bridgehead atoms. The van der Waals surface area contributed by atoms with E-state index < -0.39 is 107 Å². The van der Waals surface area contributed by atoms with Gasteiger partial charge in [-0.1, -0.05) is 6.92 Å². The molecule has 14 heteroatoms. The lowest BCUT2D eigenvalue weighted by Crippen LogP contribution is -2.69. The van der Waals surface area contributed by atoms with Crippen molar-refractivity contribution in [1.29, 1.82) is 0 Å². The third-order valence-electron chi connectivity index (χ3n) is 9.80. The van der Waals surface area contributed by atoms with Crippen molar-refractivity contribution in [2.75, 3.05) is 0 Å². The summed E-state index contributed by atoms with van der Waals surface area (Å²) < 4.78 is 47.7. The van der Waals surface area contributed by atoms with Crippen molar-refractivity contribution in [1.82, 2.24) is 0 Å². The molecule has 5 rings (SSSR count). The Hall–Kier alpha value is -3.52. The lowest BCUT2D eigenvalue weighted by atomic mass is 9.53. The standard InChI is InChI=1S/C30H38O14/c1-12-10-20-30(29(9,44-30)26(36)42-20)25(41-17(6)35)23-27(7,18(37-13(2)31)11-19-28(23,8)43-19)24(40-16(5)34)22(39-15(4)33)21(12)38-14(3)32/h10,18-25H,11H2,1-9H3/b12-10-/t18-,19-,20-,21?,22+,23+,24-,25?,27-,28-,29-,30-/m0/s1. The molecule has 0 amide bonds. The van der Waals surface area contributed by atoms with Crippen LogP contribution in [0, 0.1) is 11.3 Å². The summed E-state index contributed by atoms with van der Waals surface area (Å²) in [5.41, 5.74) is -5.59. The second-order valence-electron chi connectivity index (χ2n) is 12.8. The van der Waals surface area contributed by atoms with Crippen molar-refractivity contribution in [3.63, 3.8) is 0 Å². The molecule has 4 fully saturated rings. The molecule has 1 spiro atoms. The molecule has 5 aliphatic rings. The summed E-state index contributed by atoms with van der Waals surface area (Å²) in [4.78, 5) is 76.6. The third kappa shape index (κ3) is 4.59. The number of rotatable bonds is 5. The van der Waals surface area contributed by atoms with Crippen molar-refractivity contribution in [2.45, 2.75) is 128 Å². The van der Waals surface area contributed by atoms with Gasteiger partial charge in [0.25, 0.3) is 0 Å². The molecule has 3 heterocycles. The van der Waals surface area contributed by atoms with Gasteiger partial charge in [0, 0.05) is 47.0 Å². The van der Waals surface area contributed by atoms with E-state index in [1.165, 1.54) is 26.8 Å². The van der Waals surface area contributed by atoms with E-state index in [2.05, 4.69) is 0 Å². The number of carbonyl (C=O) groups excluding carboxylic acids is 6. The molecule has 14 nitrogen and oxygen atoms in total. The highest BCUT2D eigenvalue weighted by atomic mass is 16.7. The van der Waals surface area contributed by atoms with Gasteiger partial charge in [-0.3, -0.25) is 24.0 Å². The van der Waals surface area contributed by atoms with E-state index in [1.54, 1.807) is 20.8 Å². The van der Waals surface area contributed by atoms with Crippen molar-refractivity contribution in [3.05, 3.63) is 11.6 Å². The van der Waals surface area contributed by atoms with Gasteiger partial charge >= 0.3 is 35.8 Å². The van der Waals surface area contributed by atoms with Crippen LogP contribution >= 0.6 is 0 Å². The first-order chi connectivity index (χ1) is 20.3. The van der Waals surface area contributed by atoms with Gasteiger partial charge in [0.15, 0.2) is 35.6 Å². The van der Waals surface area contributed by atoms with Gasteiger partial charge in [-0.05, 0) is 32.4 Å². The highest BCUT2D eigenvalue weighted by molar-refractivity contribution is 5.89. The third-order valence-corrected chi connectivity index (χ3v) is 9.80. The summed E-state index contributed by atoms with van der Waals surface area (Å²) in [6.07, 6.45) is -6.77. The first-order valence-corrected chi connectivity index (χ1v) is 14.5. The van der Waals surface area contributed by atoms with Crippen LogP contribution in [0.5, 0.6) is 0 Å². The molecule has 2 aliphatic carbocycles.